The molecule has 0 spiro atoms. The lowest BCUT2D eigenvalue weighted by atomic mass is 10.0. The van der Waals surface area contributed by atoms with Gasteiger partial charge in [0, 0.05) is 25.4 Å². The minimum Gasteiger partial charge on any atom is -0.413 e. The molecule has 3 aromatic rings. The maximum Gasteiger partial charge on any atom is 0.458 e. The van der Waals surface area contributed by atoms with Gasteiger partial charge in [-0.2, -0.15) is 4.98 Å². The number of aromatic amines is 1. The first-order chi connectivity index (χ1) is 27.2. The van der Waals surface area contributed by atoms with Gasteiger partial charge in [0.15, 0.2) is 11.2 Å². The minimum atomic E-state index is -3.97. The average Bonchev–Trinajstić information content (AvgIpc) is 3.72. The number of anilines is 1. The summed E-state index contributed by atoms with van der Waals surface area (Å²) in [5.41, 5.74) is 6.26. The Morgan fingerprint density at radius 1 is 0.982 bits per heavy atom. The molecule has 0 bridgehead atoms. The third kappa shape index (κ3) is 14.5. The molecule has 56 heavy (non-hydrogen) atoms. The zero-order valence-electron chi connectivity index (χ0n) is 32.2. The Morgan fingerprint density at radius 2 is 1.59 bits per heavy atom. The lowest BCUT2D eigenvalue weighted by Gasteiger charge is -2.23. The number of para-hydroxylation sites is 1. The Labute approximate surface area is 329 Å². The summed E-state index contributed by atoms with van der Waals surface area (Å²) in [7, 11) is -3.97. The molecule has 2 heterocycles. The van der Waals surface area contributed by atoms with Crippen LogP contribution in [0.2, 0.25) is 0 Å². The minimum absolute atomic E-state index is 0.0561. The number of nitrogens with one attached hydrogen (secondary N) is 3. The Morgan fingerprint density at radius 3 is 2.21 bits per heavy atom. The molecule has 4 atom stereocenters. The highest BCUT2D eigenvalue weighted by Gasteiger charge is 2.40. The second kappa shape index (κ2) is 23.8. The Bertz CT molecular complexity index is 1980. The Balaban J connectivity index is 1.15. The first kappa shape index (κ1) is 43.7. The van der Waals surface area contributed by atoms with Gasteiger partial charge in [-0.25, -0.2) is 14.6 Å². The van der Waals surface area contributed by atoms with Gasteiger partial charge in [-0.1, -0.05) is 105 Å². The number of carbonyl (C=O) groups excluding carboxylic acids is 1. The van der Waals surface area contributed by atoms with E-state index < -0.39 is 31.4 Å². The summed E-state index contributed by atoms with van der Waals surface area (Å²) in [6.45, 7) is 6.45. The third-order valence-corrected chi connectivity index (χ3v) is 10.5. The lowest BCUT2D eigenvalue weighted by Crippen LogP contribution is -2.32. The number of amides is 1. The smallest absolute Gasteiger partial charge is 0.413 e. The maximum atomic E-state index is 13.9. The lowest BCUT2D eigenvalue weighted by molar-refractivity contribution is -0.120. The zero-order valence-corrected chi connectivity index (χ0v) is 33.1. The number of aliphatic hydroxyl groups excluding tert-OH is 1. The van der Waals surface area contributed by atoms with Crippen molar-refractivity contribution in [3.63, 3.8) is 0 Å². The van der Waals surface area contributed by atoms with E-state index in [2.05, 4.69) is 99.6 Å². The van der Waals surface area contributed by atoms with Crippen LogP contribution >= 0.6 is 7.75 Å². The number of benzene rings is 1. The summed E-state index contributed by atoms with van der Waals surface area (Å²) >= 11 is 0. The van der Waals surface area contributed by atoms with E-state index in [1.54, 1.807) is 34.9 Å². The van der Waals surface area contributed by atoms with Crippen LogP contribution in [0.3, 0.4) is 0 Å². The van der Waals surface area contributed by atoms with Gasteiger partial charge in [-0.3, -0.25) is 19.1 Å². The fourth-order valence-corrected chi connectivity index (χ4v) is 7.31. The van der Waals surface area contributed by atoms with Gasteiger partial charge in [0.25, 0.3) is 5.56 Å². The molecule has 0 radical (unpaired) electrons. The number of fused-ring (bicyclic) bond motifs is 1. The van der Waals surface area contributed by atoms with Crippen LogP contribution < -0.4 is 26.2 Å². The number of aliphatic hydroxyl groups is 1. The summed E-state index contributed by atoms with van der Waals surface area (Å²) < 4.78 is 27.3. The molecule has 1 amide bonds. The number of rotatable bonds is 24. The molecule has 6 N–H and O–H groups in total. The van der Waals surface area contributed by atoms with Crippen molar-refractivity contribution in [1.82, 2.24) is 29.9 Å². The summed E-state index contributed by atoms with van der Waals surface area (Å²) in [5, 5.41) is 16.7. The van der Waals surface area contributed by atoms with Gasteiger partial charge in [-0.05, 0) is 69.1 Å². The number of aromatic nitrogens is 4. The molecular formula is C42H56N7O6P. The normalized spacial score (nSPS) is 18.9. The number of hydrogen-bond acceptors (Lipinski definition) is 9. The van der Waals surface area contributed by atoms with E-state index in [1.165, 1.54) is 6.33 Å². The van der Waals surface area contributed by atoms with E-state index in [9.17, 15) is 19.3 Å². The standard InChI is InChI=1S/C42H56N7O6P/c1-3-4-5-6-7-8-9-10-11-12-13-14-15-16-17-18-19-20-24-27-38(51)44-28-29-46-56(53,55-34-25-22-21-23-26-34)54-31-35-33(2)36(30-37(35)50)49-32-45-39-40(49)47-42(43)48-41(39)52/h4-5,7-8,10-11,13-14,16-17,19-23,25-26,32,35-37,50H,2-3,6,9,12,15,18,24,27-31H2,1H3,(H,44,51)(H,46,53)(H3,43,47,48,52)/t35-,36?,37-,56?/m0/s1. The van der Waals surface area contributed by atoms with Crippen molar-refractivity contribution < 1.29 is 23.5 Å². The van der Waals surface area contributed by atoms with Crippen LogP contribution in [0.5, 0.6) is 5.75 Å². The topological polar surface area (TPSA) is 186 Å². The highest BCUT2D eigenvalue weighted by atomic mass is 31.2. The molecule has 1 aliphatic carbocycles. The van der Waals surface area contributed by atoms with Crippen molar-refractivity contribution in [2.24, 2.45) is 5.92 Å². The molecule has 0 aliphatic heterocycles. The number of allylic oxidation sites excluding steroid dienone is 12. The maximum absolute atomic E-state index is 13.9. The predicted octanol–water partition coefficient (Wildman–Crippen LogP) is 7.57. The Hall–Kier alpha value is -5.07. The molecule has 1 aromatic carbocycles. The quantitative estimate of drug-likeness (QED) is 0.0345. The van der Waals surface area contributed by atoms with E-state index in [-0.39, 0.29) is 49.1 Å². The van der Waals surface area contributed by atoms with Crippen molar-refractivity contribution in [3.05, 3.63) is 132 Å². The predicted molar refractivity (Wildman–Crippen MR) is 224 cm³/mol. The summed E-state index contributed by atoms with van der Waals surface area (Å²) in [5.74, 6) is -0.474. The Kier molecular flexibility index (Phi) is 18.5. The van der Waals surface area contributed by atoms with Gasteiger partial charge in [-0.15, -0.1) is 0 Å². The molecule has 4 rings (SSSR count). The van der Waals surface area contributed by atoms with E-state index in [0.717, 1.165) is 38.5 Å². The van der Waals surface area contributed by atoms with Crippen molar-refractivity contribution in [3.8, 4) is 5.75 Å². The van der Waals surface area contributed by atoms with E-state index in [4.69, 9.17) is 14.8 Å². The van der Waals surface area contributed by atoms with Crippen molar-refractivity contribution in [1.29, 1.82) is 0 Å². The monoisotopic (exact) mass is 785 g/mol. The van der Waals surface area contributed by atoms with Crippen LogP contribution in [0.25, 0.3) is 11.2 Å². The van der Waals surface area contributed by atoms with Crippen molar-refractivity contribution in [2.75, 3.05) is 25.4 Å². The number of carbonyl (C=O) groups is 1. The van der Waals surface area contributed by atoms with Crippen LogP contribution in [-0.2, 0) is 13.9 Å². The van der Waals surface area contributed by atoms with Crippen LogP contribution in [0, 0.1) is 5.92 Å². The van der Waals surface area contributed by atoms with Crippen LogP contribution in [0.1, 0.15) is 70.8 Å². The molecule has 13 nitrogen and oxygen atoms in total. The highest BCUT2D eigenvalue weighted by molar-refractivity contribution is 7.52. The molecule has 1 aliphatic rings. The second-order valence-electron chi connectivity index (χ2n) is 13.2. The van der Waals surface area contributed by atoms with Crippen molar-refractivity contribution in [2.45, 2.75) is 76.9 Å². The molecular weight excluding hydrogens is 729 g/mol. The molecule has 2 unspecified atom stereocenters. The molecule has 2 aromatic heterocycles. The number of imidazole rings is 1. The molecule has 300 valence electrons. The van der Waals surface area contributed by atoms with Crippen LogP contribution in [0.15, 0.2) is 127 Å². The average molecular weight is 786 g/mol. The largest absolute Gasteiger partial charge is 0.458 e. The van der Waals surface area contributed by atoms with Crippen molar-refractivity contribution >= 4 is 30.8 Å². The first-order valence-corrected chi connectivity index (χ1v) is 20.7. The fraction of sp³-hybridized carbons (Fsp3) is 0.381. The number of nitrogens with zero attached hydrogens (tertiary/aromatic N) is 3. The van der Waals surface area contributed by atoms with Gasteiger partial charge >= 0.3 is 7.75 Å². The van der Waals surface area contributed by atoms with Gasteiger partial charge < -0.3 is 25.2 Å². The number of hydrogen-bond donors (Lipinski definition) is 5. The molecule has 1 saturated carbocycles. The van der Waals surface area contributed by atoms with Crippen LogP contribution in [-0.4, -0.2) is 56.3 Å². The molecule has 14 heteroatoms. The summed E-state index contributed by atoms with van der Waals surface area (Å²) in [6, 6.07) is 8.13. The van der Waals surface area contributed by atoms with Gasteiger partial charge in [0.1, 0.15) is 5.75 Å². The first-order valence-electron chi connectivity index (χ1n) is 19.2. The number of nitrogen functional groups attached to an aromatic ring is 1. The molecule has 1 fully saturated rings. The number of H-pyrrole nitrogens is 1. The highest BCUT2D eigenvalue weighted by Crippen LogP contribution is 2.47. The fourth-order valence-electron chi connectivity index (χ4n) is 5.96. The van der Waals surface area contributed by atoms with Gasteiger partial charge in [0.2, 0.25) is 11.9 Å². The SMILES string of the molecule is C=C1C(n2cnc3c(=O)[nH]c(N)nc32)C[C@H](O)[C@H]1COP(=O)(NCCNC(=O)CCC=CCC=CCC=CCC=CCC=CCC=CCC)Oc1ccccc1. The summed E-state index contributed by atoms with van der Waals surface area (Å²) in [4.78, 5) is 35.5. The van der Waals surface area contributed by atoms with E-state index in [1.807, 2.05) is 12.2 Å². The second-order valence-corrected chi connectivity index (χ2v) is 14.9. The van der Waals surface area contributed by atoms with E-state index >= 15 is 0 Å². The molecule has 0 saturated heterocycles. The van der Waals surface area contributed by atoms with E-state index in [0.29, 0.717) is 24.2 Å². The third-order valence-electron chi connectivity index (χ3n) is 8.90. The van der Waals surface area contributed by atoms with Gasteiger partial charge in [0.05, 0.1) is 25.1 Å². The zero-order chi connectivity index (χ0) is 40.0. The number of nitrogens with two attached hydrogens (primary N) is 1. The summed E-state index contributed by atoms with van der Waals surface area (Å²) in [6.07, 6.45) is 33.1. The van der Waals surface area contributed by atoms with Crippen LogP contribution in [0.4, 0.5) is 5.95 Å².